The molecule has 2 aliphatic rings. The van der Waals surface area contributed by atoms with Gasteiger partial charge < -0.3 is 28.7 Å². The monoisotopic (exact) mass is 1960 g/mol. The third kappa shape index (κ3) is 14.5. The van der Waals surface area contributed by atoms with E-state index in [-0.39, 0.29) is 116 Å². The van der Waals surface area contributed by atoms with Gasteiger partial charge in [0, 0.05) is 122 Å². The SMILES string of the molecule is [2H]c1c([2H])c([2H])c(-c2c([2H])c([2H])c([2H])c(-c3c([2H])c([2H])c([2H])c([2H])c3[2H])c2N2[CH-]N(c3[c-]c(C(C)(C)c4[c-]c5c(cc4)c4ccccc4n5-c4cc(C(C)(C)C)ccn4)ccc3)c3ccccc32)c([2H])c1[2H].[2H]c1c([2H])c([2H])c(-c2cc(-c3c([2H])c([2H])c([2H])c([2H])c3[2H])c(N3[CH-]N(c4[c-]c(C(C)(C)c5[c-]c6c(cc5)c5c([2H])c([2H])c([2H])c([2H])c5n6-c5ccccn5)ccc4)c4ccccc43)c(-c3c([2H])c([2H])c([2H])c([2H])c3[2H])c2)c([2H])c1[2H].[Pt].[Pt]. The maximum absolute atomic E-state index is 9.40. The zero-order valence-electron chi connectivity index (χ0n) is 98.3. The Balaban J connectivity index is 0.000000198. The van der Waals surface area contributed by atoms with Gasteiger partial charge in [-0.3, -0.25) is 0 Å². The van der Waals surface area contributed by atoms with Crippen LogP contribution in [0, 0.1) is 37.6 Å². The van der Waals surface area contributed by atoms with Crippen LogP contribution in [0.5, 0.6) is 0 Å². The van der Waals surface area contributed by atoms with Gasteiger partial charge in [0.2, 0.25) is 0 Å². The summed E-state index contributed by atoms with van der Waals surface area (Å²) in [5.41, 5.74) is 4.23. The van der Waals surface area contributed by atoms with Gasteiger partial charge in [0.25, 0.3) is 0 Å². The van der Waals surface area contributed by atoms with Crippen molar-refractivity contribution in [2.45, 2.75) is 64.7 Å². The van der Waals surface area contributed by atoms with Crippen molar-refractivity contribution in [1.29, 1.82) is 0 Å². The van der Waals surface area contributed by atoms with Crippen LogP contribution in [0.2, 0.25) is 0 Å². The van der Waals surface area contributed by atoms with Crippen molar-refractivity contribution in [3.8, 4) is 67.3 Å². The van der Waals surface area contributed by atoms with Crippen LogP contribution in [0.1, 0.15) is 120 Å². The van der Waals surface area contributed by atoms with Crippen LogP contribution < -0.4 is 19.6 Å². The second-order valence-corrected chi connectivity index (χ2v) is 30.8. The number of hydrogen-bond donors (Lipinski definition) is 0. The molecule has 600 valence electrons. The van der Waals surface area contributed by atoms with Gasteiger partial charge in [-0.1, -0.05) is 295 Å². The Bertz CT molecular complexity index is 8820. The van der Waals surface area contributed by atoms with E-state index in [4.69, 9.17) is 40.6 Å². The van der Waals surface area contributed by atoms with Gasteiger partial charge in [0.05, 0.1) is 43.9 Å². The standard InChI is InChI=1S/C57H41N4.C55H45N4.2Pt/c1-57(2,45-32-33-48-47-27-12-13-28-51(47)61(54(48)38-45)55-31-16-17-34-58-55)44-25-18-26-46(37-44)59-39-60(53-30-15-14-29-52(53)59)56-49(41-21-8-4-9-22-41)35-43(40-19-6-3-7-20-40)36-50(56)42-23-10-5-11-24-42;1-54(2,3)40-32-33-56-52(36-40)59-48-27-13-12-24-46(48)47-31-30-42(35-51(47)59)55(4,5)41-22-16-23-43(34-41)57-37-58(50-29-15-14-28-49(50)57)53-44(38-18-8-6-9-19-38)25-17-26-45(53)39-20-10-7-11-21-39;;/h3-36,39H,1-2H3;6-33,36-37H,1-5H3;;/q2*-3;;/i3D,4D,5D,6D,7D,8D,9D,10D,11D,12D,13D,19D,20D,21D,22D,23D,24D,27D,28D;6D,7D,8D,9D,10D,11D,17D,18D,19D,20D,21D,25D,26D;;. The van der Waals surface area contributed by atoms with Gasteiger partial charge in [-0.2, -0.15) is 107 Å². The Morgan fingerprint density at radius 1 is 0.295 bits per heavy atom. The normalized spacial score (nSPS) is 16.3. The smallest absolute Gasteiger partial charge is 0.135 e. The number of nitrogens with zero attached hydrogens (tertiary/aromatic N) is 8. The largest absolute Gasteiger partial charge is 0.493 e. The Hall–Kier alpha value is -13.2. The van der Waals surface area contributed by atoms with E-state index in [1.165, 1.54) is 17.0 Å². The first kappa shape index (κ1) is 50.8. The number of fused-ring (bicyclic) bond motifs is 8. The molecule has 10 heteroatoms. The first-order valence-corrected chi connectivity index (χ1v) is 38.6. The first-order valence-electron chi connectivity index (χ1n) is 54.6. The van der Waals surface area contributed by atoms with E-state index in [2.05, 4.69) is 98.8 Å². The Labute approximate surface area is 788 Å². The molecule has 0 spiro atoms. The maximum atomic E-state index is 9.40. The molecule has 6 heterocycles. The van der Waals surface area contributed by atoms with Crippen molar-refractivity contribution in [1.82, 2.24) is 19.1 Å². The zero-order valence-corrected chi connectivity index (χ0v) is 70.8. The molecule has 0 fully saturated rings. The number of anilines is 8. The molecule has 21 rings (SSSR count). The summed E-state index contributed by atoms with van der Waals surface area (Å²) >= 11 is 0. The Morgan fingerprint density at radius 2 is 0.705 bits per heavy atom. The molecule has 0 aliphatic carbocycles. The van der Waals surface area contributed by atoms with Gasteiger partial charge in [-0.25, -0.2) is 9.97 Å². The molecule has 2 aliphatic heterocycles. The van der Waals surface area contributed by atoms with Crippen LogP contribution in [0.3, 0.4) is 0 Å². The molecule has 0 saturated heterocycles. The van der Waals surface area contributed by atoms with Crippen molar-refractivity contribution in [2.75, 3.05) is 19.6 Å². The topological polar surface area (TPSA) is 48.6 Å². The molecule has 0 N–H and O–H groups in total. The first-order chi connectivity index (χ1) is 71.9. The van der Waals surface area contributed by atoms with Gasteiger partial charge >= 0.3 is 0 Å². The summed E-state index contributed by atoms with van der Waals surface area (Å²) in [6, 6.07) is 47.2. The average molecular weight is 1970 g/mol. The molecule has 0 atom stereocenters. The third-order valence-electron chi connectivity index (χ3n) is 21.9. The number of para-hydroxylation sites is 7. The predicted molar refractivity (Wildman–Crippen MR) is 498 cm³/mol. The van der Waals surface area contributed by atoms with Gasteiger partial charge in [-0.05, 0) is 139 Å². The van der Waals surface area contributed by atoms with Crippen LogP contribution in [-0.4, -0.2) is 19.1 Å². The molecule has 4 aromatic heterocycles. The minimum Gasteiger partial charge on any atom is -0.493 e. The summed E-state index contributed by atoms with van der Waals surface area (Å²) in [5.74, 6) is 1.19. The van der Waals surface area contributed by atoms with Crippen LogP contribution in [0.4, 0.5) is 45.5 Å². The summed E-state index contributed by atoms with van der Waals surface area (Å²) in [6.45, 7) is 17.9. The van der Waals surface area contributed by atoms with Crippen molar-refractivity contribution >= 4 is 89.1 Å². The molecular weight excluding hydrogens is 1850 g/mol. The summed E-state index contributed by atoms with van der Waals surface area (Å²) in [5, 5.41) is 2.93. The summed E-state index contributed by atoms with van der Waals surface area (Å²) in [7, 11) is 0. The van der Waals surface area contributed by atoms with Crippen LogP contribution in [0.15, 0.2) is 382 Å². The van der Waals surface area contributed by atoms with E-state index in [0.717, 1.165) is 44.3 Å². The summed E-state index contributed by atoms with van der Waals surface area (Å²) in [4.78, 5) is 16.1. The van der Waals surface area contributed by atoms with E-state index in [0.29, 0.717) is 67.4 Å². The Morgan fingerprint density at radius 3 is 1.20 bits per heavy atom. The van der Waals surface area contributed by atoms with Crippen LogP contribution in [0.25, 0.3) is 111 Å². The van der Waals surface area contributed by atoms with Crippen molar-refractivity contribution in [2.24, 2.45) is 0 Å². The number of rotatable bonds is 15. The summed E-state index contributed by atoms with van der Waals surface area (Å²) < 4.78 is 287. The minimum atomic E-state index is -0.898. The van der Waals surface area contributed by atoms with Gasteiger partial charge in [0.15, 0.2) is 0 Å². The molecular formula is C112H86N8Pt2-6. The number of benzene rings is 15. The number of hydrogen-bond acceptors (Lipinski definition) is 6. The molecule has 19 aromatic rings. The molecule has 0 unspecified atom stereocenters. The van der Waals surface area contributed by atoms with E-state index >= 15 is 0 Å². The second kappa shape index (κ2) is 33.1. The number of pyridine rings is 2. The molecule has 0 saturated carbocycles. The van der Waals surface area contributed by atoms with E-state index < -0.39 is 208 Å². The fourth-order valence-electron chi connectivity index (χ4n) is 15.7. The number of aromatic nitrogens is 4. The van der Waals surface area contributed by atoms with Crippen LogP contribution >= 0.6 is 0 Å². The quantitative estimate of drug-likeness (QED) is 0.0954. The van der Waals surface area contributed by atoms with Crippen LogP contribution in [-0.2, 0) is 58.4 Å². The second-order valence-electron chi connectivity index (χ2n) is 30.8. The van der Waals surface area contributed by atoms with Crippen molar-refractivity contribution in [3.63, 3.8) is 0 Å². The van der Waals surface area contributed by atoms with E-state index in [9.17, 15) is 8.22 Å². The zero-order chi connectivity index (χ0) is 109. The average Bonchev–Trinajstić information content (AvgIpc) is 1.63. The molecule has 122 heavy (non-hydrogen) atoms. The molecule has 0 radical (unpaired) electrons. The minimum absolute atomic E-state index is 0. The predicted octanol–water partition coefficient (Wildman–Crippen LogP) is 28.7. The molecule has 15 aromatic carbocycles. The molecule has 8 nitrogen and oxygen atoms in total. The van der Waals surface area contributed by atoms with E-state index in [1.54, 1.807) is 112 Å². The van der Waals surface area contributed by atoms with Gasteiger partial charge in [-0.15, -0.1) is 35.5 Å². The maximum Gasteiger partial charge on any atom is 0.135 e. The summed E-state index contributed by atoms with van der Waals surface area (Å²) in [6.07, 6.45) is 3.43. The van der Waals surface area contributed by atoms with Crippen molar-refractivity contribution in [3.05, 3.63) is 447 Å². The fraction of sp³-hybridized carbons (Fsp3) is 0.0893. The van der Waals surface area contributed by atoms with Crippen molar-refractivity contribution < 1.29 is 86.0 Å². The van der Waals surface area contributed by atoms with Gasteiger partial charge in [0.1, 0.15) is 11.6 Å². The Kier molecular flexibility index (Phi) is 13.8. The fourth-order valence-corrected chi connectivity index (χ4v) is 15.7. The molecule has 0 bridgehead atoms. The third-order valence-corrected chi connectivity index (χ3v) is 21.9. The molecule has 0 amide bonds. The van der Waals surface area contributed by atoms with E-state index in [1.807, 2.05) is 80.7 Å².